The maximum atomic E-state index is 11.7. The van der Waals surface area contributed by atoms with Crippen molar-refractivity contribution in [1.29, 1.82) is 0 Å². The third-order valence-corrected chi connectivity index (χ3v) is 8.01. The number of nitrogens with one attached hydrogen (secondary N) is 1. The van der Waals surface area contributed by atoms with Crippen LogP contribution in [-0.2, 0) is 4.79 Å². The van der Waals surface area contributed by atoms with Crippen LogP contribution in [-0.4, -0.2) is 31.7 Å². The van der Waals surface area contributed by atoms with Crippen LogP contribution in [0.15, 0.2) is 48.6 Å². The average molecular weight is 445 g/mol. The molecule has 2 atom stereocenters. The summed E-state index contributed by atoms with van der Waals surface area (Å²) in [5.74, 6) is 1.55. The van der Waals surface area contributed by atoms with E-state index in [2.05, 4.69) is 56.2 Å². The van der Waals surface area contributed by atoms with Crippen LogP contribution in [0.2, 0.25) is 0 Å². The molecule has 32 heavy (non-hydrogen) atoms. The van der Waals surface area contributed by atoms with Gasteiger partial charge in [-0.15, -0.1) is 11.3 Å². The second kappa shape index (κ2) is 7.41. The van der Waals surface area contributed by atoms with Gasteiger partial charge >= 0.3 is 0 Å². The molecule has 6 rings (SSSR count). The average Bonchev–Trinajstić information content (AvgIpc) is 3.54. The van der Waals surface area contributed by atoms with Crippen LogP contribution in [0.3, 0.4) is 0 Å². The smallest absolute Gasteiger partial charge is 0.243 e. The lowest BCUT2D eigenvalue weighted by Crippen LogP contribution is -2.32. The van der Waals surface area contributed by atoms with Gasteiger partial charge in [0.2, 0.25) is 5.91 Å². The van der Waals surface area contributed by atoms with Crippen LogP contribution >= 0.6 is 11.3 Å². The molecule has 0 saturated heterocycles. The highest BCUT2D eigenvalue weighted by Crippen LogP contribution is 2.49. The fourth-order valence-electron chi connectivity index (χ4n) is 5.73. The number of amides is 1. The Balaban J connectivity index is 1.34. The molecule has 8 heteroatoms. The van der Waals surface area contributed by atoms with E-state index < -0.39 is 0 Å². The van der Waals surface area contributed by atoms with Crippen molar-refractivity contribution in [1.82, 2.24) is 25.1 Å². The molecule has 162 valence electrons. The standard InChI is InChI=1S/C24H24N6OS/c1-2-20(31)28-17-8-15-10-18(11-16(15)9-17)30-24-21(23(25)26-12-27-24)22(29-30)14-3-4-19-13(7-14)5-6-32-19/h2-7,12,15-18H,1,8-11H2,(H,28,31)(H2,25,26,27). The second-order valence-corrected chi connectivity index (χ2v) is 9.90. The number of hydrogen-bond acceptors (Lipinski definition) is 6. The number of rotatable bonds is 4. The van der Waals surface area contributed by atoms with E-state index in [1.54, 1.807) is 11.3 Å². The number of carbonyl (C=O) groups excluding carboxylic acids is 1. The highest BCUT2D eigenvalue weighted by Gasteiger charge is 2.43. The molecule has 0 aliphatic heterocycles. The van der Waals surface area contributed by atoms with Gasteiger partial charge in [0.05, 0.1) is 11.4 Å². The minimum absolute atomic E-state index is 0.0796. The molecule has 2 unspecified atom stereocenters. The Morgan fingerprint density at radius 3 is 2.78 bits per heavy atom. The summed E-state index contributed by atoms with van der Waals surface area (Å²) >= 11 is 1.73. The van der Waals surface area contributed by atoms with Gasteiger partial charge in [-0.3, -0.25) is 4.79 Å². The van der Waals surface area contributed by atoms with E-state index in [1.807, 2.05) is 0 Å². The van der Waals surface area contributed by atoms with Crippen molar-refractivity contribution >= 4 is 44.2 Å². The summed E-state index contributed by atoms with van der Waals surface area (Å²) < 4.78 is 3.33. The number of fused-ring (bicyclic) bond motifs is 3. The van der Waals surface area contributed by atoms with Crippen LogP contribution in [0.4, 0.5) is 5.82 Å². The summed E-state index contributed by atoms with van der Waals surface area (Å²) in [4.78, 5) is 20.5. The molecule has 3 aromatic heterocycles. The number of carbonyl (C=O) groups is 1. The first-order chi connectivity index (χ1) is 15.6. The van der Waals surface area contributed by atoms with Gasteiger partial charge in [0.15, 0.2) is 5.65 Å². The second-order valence-electron chi connectivity index (χ2n) is 8.95. The molecular weight excluding hydrogens is 420 g/mol. The Labute approximate surface area is 189 Å². The quantitative estimate of drug-likeness (QED) is 0.457. The van der Waals surface area contributed by atoms with E-state index in [9.17, 15) is 4.79 Å². The maximum Gasteiger partial charge on any atom is 0.243 e. The molecule has 2 aliphatic rings. The van der Waals surface area contributed by atoms with Crippen LogP contribution in [0.25, 0.3) is 32.4 Å². The highest BCUT2D eigenvalue weighted by molar-refractivity contribution is 7.17. The van der Waals surface area contributed by atoms with Crippen LogP contribution in [0.1, 0.15) is 31.7 Å². The van der Waals surface area contributed by atoms with Crippen molar-refractivity contribution in [2.24, 2.45) is 11.8 Å². The van der Waals surface area contributed by atoms with Gasteiger partial charge in [0, 0.05) is 16.3 Å². The topological polar surface area (TPSA) is 98.7 Å². The minimum Gasteiger partial charge on any atom is -0.383 e. The fraction of sp³-hybridized carbons (Fsp3) is 0.333. The number of aromatic nitrogens is 4. The predicted molar refractivity (Wildman–Crippen MR) is 127 cm³/mol. The normalized spacial score (nSPS) is 24.8. The van der Waals surface area contributed by atoms with Gasteiger partial charge in [0.25, 0.3) is 0 Å². The zero-order valence-corrected chi connectivity index (χ0v) is 18.4. The summed E-state index contributed by atoms with van der Waals surface area (Å²) in [5, 5.41) is 12.3. The predicted octanol–water partition coefficient (Wildman–Crippen LogP) is 4.32. The number of thiophene rings is 1. The van der Waals surface area contributed by atoms with Crippen molar-refractivity contribution in [3.05, 3.63) is 48.6 Å². The summed E-state index contributed by atoms with van der Waals surface area (Å²) in [6.45, 7) is 3.56. The molecule has 1 amide bonds. The highest BCUT2D eigenvalue weighted by atomic mass is 32.1. The molecule has 0 radical (unpaired) electrons. The number of hydrogen-bond donors (Lipinski definition) is 2. The largest absolute Gasteiger partial charge is 0.383 e. The molecule has 2 fully saturated rings. The van der Waals surface area contributed by atoms with Crippen molar-refractivity contribution in [2.75, 3.05) is 5.73 Å². The van der Waals surface area contributed by atoms with Crippen LogP contribution in [0, 0.1) is 11.8 Å². The summed E-state index contributed by atoms with van der Waals surface area (Å²) in [6.07, 6.45) is 6.98. The Morgan fingerprint density at radius 1 is 1.19 bits per heavy atom. The lowest BCUT2D eigenvalue weighted by molar-refractivity contribution is -0.117. The first-order valence-corrected chi connectivity index (χ1v) is 11.9. The van der Waals surface area contributed by atoms with Crippen molar-refractivity contribution in [3.63, 3.8) is 0 Å². The number of anilines is 1. The Bertz CT molecular complexity index is 1340. The van der Waals surface area contributed by atoms with Gasteiger partial charge in [-0.05, 0) is 72.6 Å². The summed E-state index contributed by atoms with van der Waals surface area (Å²) in [5.41, 5.74) is 9.00. The lowest BCUT2D eigenvalue weighted by Gasteiger charge is -2.16. The molecule has 0 spiro atoms. The Hall–Kier alpha value is -3.26. The van der Waals surface area contributed by atoms with Crippen LogP contribution < -0.4 is 11.1 Å². The summed E-state index contributed by atoms with van der Waals surface area (Å²) in [6, 6.07) is 9.06. The van der Waals surface area contributed by atoms with Gasteiger partial charge in [-0.25, -0.2) is 14.6 Å². The molecule has 4 aromatic rings. The Kier molecular flexibility index (Phi) is 4.50. The minimum atomic E-state index is -0.0796. The van der Waals surface area contributed by atoms with E-state index in [-0.39, 0.29) is 18.0 Å². The molecule has 1 aromatic carbocycles. The molecule has 2 saturated carbocycles. The van der Waals surface area contributed by atoms with Crippen molar-refractivity contribution in [3.8, 4) is 11.3 Å². The van der Waals surface area contributed by atoms with Crippen molar-refractivity contribution in [2.45, 2.75) is 37.8 Å². The monoisotopic (exact) mass is 444 g/mol. The summed E-state index contributed by atoms with van der Waals surface area (Å²) in [7, 11) is 0. The Morgan fingerprint density at radius 2 is 2.00 bits per heavy atom. The molecule has 2 aliphatic carbocycles. The van der Waals surface area contributed by atoms with E-state index in [4.69, 9.17) is 10.8 Å². The van der Waals surface area contributed by atoms with Gasteiger partial charge in [0.1, 0.15) is 17.8 Å². The number of nitrogen functional groups attached to an aromatic ring is 1. The molecule has 7 nitrogen and oxygen atoms in total. The number of benzene rings is 1. The van der Waals surface area contributed by atoms with Gasteiger partial charge in [-0.2, -0.15) is 5.10 Å². The van der Waals surface area contributed by atoms with E-state index >= 15 is 0 Å². The van der Waals surface area contributed by atoms with Crippen LogP contribution in [0.5, 0.6) is 0 Å². The zero-order valence-electron chi connectivity index (χ0n) is 17.6. The zero-order chi connectivity index (χ0) is 21.8. The number of nitrogens with zero attached hydrogens (tertiary/aromatic N) is 4. The molecule has 3 heterocycles. The van der Waals surface area contributed by atoms with Crippen molar-refractivity contribution < 1.29 is 4.79 Å². The van der Waals surface area contributed by atoms with E-state index in [0.29, 0.717) is 17.7 Å². The van der Waals surface area contributed by atoms with E-state index in [0.717, 1.165) is 48.0 Å². The third-order valence-electron chi connectivity index (χ3n) is 7.11. The fourth-order valence-corrected chi connectivity index (χ4v) is 6.50. The molecular formula is C24H24N6OS. The number of nitrogens with two attached hydrogens (primary N) is 1. The van der Waals surface area contributed by atoms with Gasteiger partial charge < -0.3 is 11.1 Å². The first kappa shape index (κ1) is 19.4. The lowest BCUT2D eigenvalue weighted by atomic mass is 10.0. The molecule has 3 N–H and O–H groups in total. The van der Waals surface area contributed by atoms with Gasteiger partial charge in [-0.1, -0.05) is 12.6 Å². The third kappa shape index (κ3) is 3.09. The SMILES string of the molecule is C=CC(=O)NC1CC2CC(n3nc(-c4ccc5sccc5c4)c4c(N)ncnc43)CC2C1. The maximum absolute atomic E-state index is 11.7. The molecule has 0 bridgehead atoms. The van der Waals surface area contributed by atoms with E-state index in [1.165, 1.54) is 22.5 Å². The first-order valence-electron chi connectivity index (χ1n) is 11.0.